The summed E-state index contributed by atoms with van der Waals surface area (Å²) in [5.74, 6) is 1.46. The first kappa shape index (κ1) is 12.9. The zero-order chi connectivity index (χ0) is 12.4. The minimum Gasteiger partial charge on any atom is -0.325 e. The van der Waals surface area contributed by atoms with E-state index in [0.717, 1.165) is 12.6 Å². The van der Waals surface area contributed by atoms with E-state index in [4.69, 9.17) is 0 Å². The largest absolute Gasteiger partial charge is 0.325 e. The maximum Gasteiger partial charge on any atom is 0.241 e. The molecule has 0 spiro atoms. The Balaban J connectivity index is 2.04. The summed E-state index contributed by atoms with van der Waals surface area (Å²) in [6.07, 6.45) is 6.35. The fourth-order valence-electron chi connectivity index (χ4n) is 3.42. The van der Waals surface area contributed by atoms with Gasteiger partial charge in [0.25, 0.3) is 0 Å². The van der Waals surface area contributed by atoms with Crippen LogP contribution in [-0.4, -0.2) is 29.6 Å². The highest BCUT2D eigenvalue weighted by atomic mass is 16.2. The van der Waals surface area contributed by atoms with Crippen molar-refractivity contribution in [1.29, 1.82) is 0 Å². The van der Waals surface area contributed by atoms with Gasteiger partial charge in [-0.2, -0.15) is 0 Å². The second-order valence-electron chi connectivity index (χ2n) is 5.91. The van der Waals surface area contributed by atoms with Crippen LogP contribution in [-0.2, 0) is 4.79 Å². The van der Waals surface area contributed by atoms with E-state index < -0.39 is 0 Å². The lowest BCUT2D eigenvalue weighted by Gasteiger charge is -2.37. The van der Waals surface area contributed by atoms with E-state index in [1.165, 1.54) is 32.1 Å². The average molecular weight is 238 g/mol. The van der Waals surface area contributed by atoms with Crippen molar-refractivity contribution < 1.29 is 4.79 Å². The van der Waals surface area contributed by atoms with Crippen LogP contribution < -0.4 is 5.32 Å². The van der Waals surface area contributed by atoms with Crippen molar-refractivity contribution >= 4 is 5.91 Å². The molecule has 2 rings (SSSR count). The zero-order valence-corrected chi connectivity index (χ0v) is 11.4. The van der Waals surface area contributed by atoms with Gasteiger partial charge < -0.3 is 4.90 Å². The molecule has 1 aliphatic heterocycles. The summed E-state index contributed by atoms with van der Waals surface area (Å²) in [4.78, 5) is 14.5. The first-order valence-electron chi connectivity index (χ1n) is 7.19. The van der Waals surface area contributed by atoms with Gasteiger partial charge in [-0.3, -0.25) is 10.1 Å². The molecule has 1 aliphatic carbocycles. The molecule has 0 aromatic heterocycles. The number of carbonyl (C=O) groups excluding carboxylic acids is 1. The van der Waals surface area contributed by atoms with Crippen LogP contribution in [0.1, 0.15) is 52.9 Å². The molecule has 3 unspecified atom stereocenters. The summed E-state index contributed by atoms with van der Waals surface area (Å²) in [6, 6.07) is 0.548. The van der Waals surface area contributed by atoms with Crippen LogP contribution in [0.2, 0.25) is 0 Å². The Morgan fingerprint density at radius 2 is 2.06 bits per heavy atom. The molecular formula is C14H26N2O. The number of nitrogens with one attached hydrogen (secondary N) is 1. The topological polar surface area (TPSA) is 32.3 Å². The van der Waals surface area contributed by atoms with E-state index in [9.17, 15) is 4.79 Å². The second kappa shape index (κ2) is 5.38. The molecule has 2 fully saturated rings. The van der Waals surface area contributed by atoms with Gasteiger partial charge in [0.05, 0.1) is 12.7 Å². The van der Waals surface area contributed by atoms with Crippen LogP contribution in [0.15, 0.2) is 0 Å². The van der Waals surface area contributed by atoms with E-state index in [1.54, 1.807) is 0 Å². The monoisotopic (exact) mass is 238 g/mol. The van der Waals surface area contributed by atoms with Gasteiger partial charge in [0.2, 0.25) is 5.91 Å². The molecule has 17 heavy (non-hydrogen) atoms. The molecule has 1 heterocycles. The highest BCUT2D eigenvalue weighted by Crippen LogP contribution is 2.32. The average Bonchev–Trinajstić information content (AvgIpc) is 2.71. The van der Waals surface area contributed by atoms with E-state index >= 15 is 0 Å². The molecule has 2 aliphatic rings. The summed E-state index contributed by atoms with van der Waals surface area (Å²) in [6.45, 7) is 7.27. The highest BCUT2D eigenvalue weighted by molar-refractivity contribution is 5.84. The fourth-order valence-corrected chi connectivity index (χ4v) is 3.42. The number of hydrogen-bond acceptors (Lipinski definition) is 2. The molecule has 3 atom stereocenters. The molecular weight excluding hydrogens is 212 g/mol. The van der Waals surface area contributed by atoms with E-state index in [0.29, 0.717) is 17.9 Å². The number of carbonyl (C=O) groups is 1. The van der Waals surface area contributed by atoms with Crippen LogP contribution in [0.5, 0.6) is 0 Å². The Morgan fingerprint density at radius 1 is 1.35 bits per heavy atom. The minimum absolute atomic E-state index is 0.0504. The van der Waals surface area contributed by atoms with Gasteiger partial charge >= 0.3 is 0 Å². The maximum atomic E-state index is 12.4. The van der Waals surface area contributed by atoms with Crippen LogP contribution >= 0.6 is 0 Å². The molecule has 98 valence electrons. The molecule has 1 N–H and O–H groups in total. The Hall–Kier alpha value is -0.570. The molecule has 1 saturated carbocycles. The molecule has 0 bridgehead atoms. The first-order chi connectivity index (χ1) is 8.15. The Labute approximate surface area is 105 Å². The van der Waals surface area contributed by atoms with Crippen molar-refractivity contribution in [3.63, 3.8) is 0 Å². The number of nitrogens with zero attached hydrogens (tertiary/aromatic N) is 1. The minimum atomic E-state index is 0.0504. The van der Waals surface area contributed by atoms with Crippen molar-refractivity contribution in [2.75, 3.05) is 6.67 Å². The molecule has 3 heteroatoms. The van der Waals surface area contributed by atoms with Gasteiger partial charge in [-0.25, -0.2) is 0 Å². The normalized spacial score (nSPS) is 34.7. The quantitative estimate of drug-likeness (QED) is 0.818. The standard InChI is InChI=1S/C14H26N2O/c1-4-11-7-5-6-8-12(11)16-9-15-13(10(2)3)14(16)17/h10-13,15H,4-9H2,1-3H3. The van der Waals surface area contributed by atoms with E-state index in [2.05, 4.69) is 31.0 Å². The second-order valence-corrected chi connectivity index (χ2v) is 5.91. The van der Waals surface area contributed by atoms with E-state index in [1.807, 2.05) is 0 Å². The molecule has 1 saturated heterocycles. The van der Waals surface area contributed by atoms with Gasteiger partial charge in [-0.15, -0.1) is 0 Å². The first-order valence-corrected chi connectivity index (χ1v) is 7.19. The van der Waals surface area contributed by atoms with Crippen LogP contribution in [0.3, 0.4) is 0 Å². The maximum absolute atomic E-state index is 12.4. The smallest absolute Gasteiger partial charge is 0.241 e. The van der Waals surface area contributed by atoms with Gasteiger partial charge in [-0.1, -0.05) is 40.0 Å². The third-order valence-electron chi connectivity index (χ3n) is 4.49. The molecule has 0 radical (unpaired) electrons. The van der Waals surface area contributed by atoms with Gasteiger partial charge in [0.15, 0.2) is 0 Å². The summed E-state index contributed by atoms with van der Waals surface area (Å²) < 4.78 is 0. The molecule has 1 amide bonds. The number of rotatable bonds is 3. The summed E-state index contributed by atoms with van der Waals surface area (Å²) in [5, 5.41) is 3.37. The predicted octanol–water partition coefficient (Wildman–Crippen LogP) is 2.37. The molecule has 0 aromatic rings. The van der Waals surface area contributed by atoms with Gasteiger partial charge in [0.1, 0.15) is 0 Å². The molecule has 3 nitrogen and oxygen atoms in total. The van der Waals surface area contributed by atoms with E-state index in [-0.39, 0.29) is 6.04 Å². The summed E-state index contributed by atoms with van der Waals surface area (Å²) >= 11 is 0. The Bertz CT molecular complexity index is 277. The van der Waals surface area contributed by atoms with Crippen molar-refractivity contribution in [3.8, 4) is 0 Å². The predicted molar refractivity (Wildman–Crippen MR) is 69.5 cm³/mol. The van der Waals surface area contributed by atoms with Crippen LogP contribution in [0.25, 0.3) is 0 Å². The third kappa shape index (κ3) is 2.49. The van der Waals surface area contributed by atoms with Gasteiger partial charge in [-0.05, 0) is 24.7 Å². The van der Waals surface area contributed by atoms with Crippen LogP contribution in [0.4, 0.5) is 0 Å². The summed E-state index contributed by atoms with van der Waals surface area (Å²) in [5.41, 5.74) is 0. The Morgan fingerprint density at radius 3 is 2.65 bits per heavy atom. The van der Waals surface area contributed by atoms with Crippen molar-refractivity contribution in [2.45, 2.75) is 65.0 Å². The highest BCUT2D eigenvalue weighted by Gasteiger charge is 2.39. The summed E-state index contributed by atoms with van der Waals surface area (Å²) in [7, 11) is 0. The number of amides is 1. The lowest BCUT2D eigenvalue weighted by molar-refractivity contribution is -0.133. The van der Waals surface area contributed by atoms with Crippen LogP contribution in [0, 0.1) is 11.8 Å². The van der Waals surface area contributed by atoms with Crippen molar-refractivity contribution in [2.24, 2.45) is 11.8 Å². The molecule has 0 aromatic carbocycles. The van der Waals surface area contributed by atoms with Crippen molar-refractivity contribution in [1.82, 2.24) is 10.2 Å². The third-order valence-corrected chi connectivity index (χ3v) is 4.49. The fraction of sp³-hybridized carbons (Fsp3) is 0.929. The number of hydrogen-bond donors (Lipinski definition) is 1. The lowest BCUT2D eigenvalue weighted by Crippen LogP contribution is -2.45. The zero-order valence-electron chi connectivity index (χ0n) is 11.4. The van der Waals surface area contributed by atoms with Crippen molar-refractivity contribution in [3.05, 3.63) is 0 Å². The van der Waals surface area contributed by atoms with Gasteiger partial charge in [0, 0.05) is 6.04 Å². The Kier molecular flexibility index (Phi) is 4.08. The lowest BCUT2D eigenvalue weighted by atomic mass is 9.82. The SMILES string of the molecule is CCC1CCCCC1N1CNC(C(C)C)C1=O.